The minimum Gasteiger partial charge on any atom is -0.398 e. The van der Waals surface area contributed by atoms with E-state index in [1.54, 1.807) is 6.92 Å². The molecule has 0 bridgehead atoms. The maximum absolute atomic E-state index is 12.3. The molecule has 0 atom stereocenters. The molecule has 0 rings (SSSR count). The second kappa shape index (κ2) is 41.1. The first-order valence-electron chi connectivity index (χ1n) is 23.6. The zero-order valence-electron chi connectivity index (χ0n) is 35.6. The lowest BCUT2D eigenvalue weighted by atomic mass is 10.0. The van der Waals surface area contributed by atoms with E-state index in [1.807, 2.05) is 0 Å². The smallest absolute Gasteiger partial charge is 0.372 e. The average Bonchev–Trinajstić information content (AvgIpc) is 3.13. The molecule has 0 fully saturated rings. The number of ether oxygens (including phenoxy) is 2. The van der Waals surface area contributed by atoms with Crippen molar-refractivity contribution in [3.63, 3.8) is 0 Å². The largest absolute Gasteiger partial charge is 0.398 e. The molecule has 5 nitrogen and oxygen atoms in total. The summed E-state index contributed by atoms with van der Waals surface area (Å²) < 4.78 is 10.4. The third-order valence-electron chi connectivity index (χ3n) is 11.0. The van der Waals surface area contributed by atoms with E-state index in [2.05, 4.69) is 13.8 Å². The molecule has 5 heteroatoms. The van der Waals surface area contributed by atoms with Crippen molar-refractivity contribution in [3.8, 4) is 0 Å². The fourth-order valence-electron chi connectivity index (χ4n) is 7.32. The van der Waals surface area contributed by atoms with Gasteiger partial charge in [0.1, 0.15) is 0 Å². The van der Waals surface area contributed by atoms with Gasteiger partial charge in [0, 0.05) is 12.8 Å². The Kier molecular flexibility index (Phi) is 40.2. The first kappa shape index (κ1) is 50.9. The van der Waals surface area contributed by atoms with Crippen molar-refractivity contribution in [2.45, 2.75) is 290 Å². The minimum atomic E-state index is -2.14. The van der Waals surface area contributed by atoms with Crippen LogP contribution in [0.3, 0.4) is 0 Å². The molecule has 0 aromatic heterocycles. The number of hydrogen-bond donors (Lipinski definition) is 1. The van der Waals surface area contributed by atoms with Crippen LogP contribution in [0.5, 0.6) is 0 Å². The van der Waals surface area contributed by atoms with Gasteiger partial charge in [0.2, 0.25) is 0 Å². The van der Waals surface area contributed by atoms with Gasteiger partial charge in [0.15, 0.2) is 0 Å². The van der Waals surface area contributed by atoms with Crippen LogP contribution in [-0.4, -0.2) is 23.0 Å². The van der Waals surface area contributed by atoms with Gasteiger partial charge in [-0.15, -0.1) is 0 Å². The second-order valence-electron chi connectivity index (χ2n) is 16.2. The summed E-state index contributed by atoms with van der Waals surface area (Å²) in [5, 5.41) is 10.6. The summed E-state index contributed by atoms with van der Waals surface area (Å²) in [4.78, 5) is 24.7. The SMILES string of the molecule is CCCCCCCCCCCCCCCCCCCCCC(=O)OC(O)(CC)OC(=O)CCCCCCCCCCCCCCCCCCCCC. The van der Waals surface area contributed by atoms with Crippen LogP contribution in [-0.2, 0) is 19.1 Å². The number of hydrogen-bond acceptors (Lipinski definition) is 5. The van der Waals surface area contributed by atoms with Gasteiger partial charge >= 0.3 is 17.9 Å². The molecule has 0 aliphatic heterocycles. The van der Waals surface area contributed by atoms with Crippen molar-refractivity contribution in [1.29, 1.82) is 0 Å². The van der Waals surface area contributed by atoms with Crippen molar-refractivity contribution in [2.24, 2.45) is 0 Å². The quantitative estimate of drug-likeness (QED) is 0.0383. The first-order valence-corrected chi connectivity index (χ1v) is 23.6. The molecule has 52 heavy (non-hydrogen) atoms. The molecule has 0 aromatic rings. The van der Waals surface area contributed by atoms with Crippen LogP contribution in [0.25, 0.3) is 0 Å². The maximum Gasteiger partial charge on any atom is 0.372 e. The molecular weight excluding hydrogens is 645 g/mol. The minimum absolute atomic E-state index is 0.0306. The number of aliphatic hydroxyl groups is 1. The Morgan fingerprint density at radius 3 is 0.673 bits per heavy atom. The van der Waals surface area contributed by atoms with E-state index in [0.717, 1.165) is 38.5 Å². The summed E-state index contributed by atoms with van der Waals surface area (Å²) >= 11 is 0. The summed E-state index contributed by atoms with van der Waals surface area (Å²) in [6.07, 6.45) is 50.3. The number of carbonyl (C=O) groups is 2. The summed E-state index contributed by atoms with van der Waals surface area (Å²) in [5.41, 5.74) is 0. The van der Waals surface area contributed by atoms with Crippen LogP contribution >= 0.6 is 0 Å². The van der Waals surface area contributed by atoms with Crippen molar-refractivity contribution >= 4 is 11.9 Å². The molecule has 0 amide bonds. The van der Waals surface area contributed by atoms with Crippen molar-refractivity contribution in [1.82, 2.24) is 0 Å². The molecular formula is C47H92O5. The topological polar surface area (TPSA) is 72.8 Å². The molecule has 1 N–H and O–H groups in total. The summed E-state index contributed by atoms with van der Waals surface area (Å²) in [6.45, 7) is 6.23. The van der Waals surface area contributed by atoms with Gasteiger partial charge in [-0.25, -0.2) is 0 Å². The number of esters is 2. The van der Waals surface area contributed by atoms with Gasteiger partial charge in [-0.3, -0.25) is 9.59 Å². The zero-order chi connectivity index (χ0) is 38.1. The highest BCUT2D eigenvalue weighted by Crippen LogP contribution is 2.20. The second-order valence-corrected chi connectivity index (χ2v) is 16.2. The average molecular weight is 737 g/mol. The zero-order valence-corrected chi connectivity index (χ0v) is 35.6. The van der Waals surface area contributed by atoms with Crippen LogP contribution in [0.4, 0.5) is 0 Å². The highest BCUT2D eigenvalue weighted by molar-refractivity contribution is 5.71. The van der Waals surface area contributed by atoms with Crippen LogP contribution in [0.2, 0.25) is 0 Å². The Morgan fingerprint density at radius 1 is 0.327 bits per heavy atom. The number of unbranched alkanes of at least 4 members (excludes halogenated alkanes) is 36. The molecule has 0 spiro atoms. The molecule has 0 saturated heterocycles. The molecule has 0 aromatic carbocycles. The first-order chi connectivity index (χ1) is 25.5. The Hall–Kier alpha value is -1.10. The Morgan fingerprint density at radius 2 is 0.500 bits per heavy atom. The molecule has 310 valence electrons. The summed E-state index contributed by atoms with van der Waals surface area (Å²) in [5.74, 6) is -3.13. The fourth-order valence-corrected chi connectivity index (χ4v) is 7.32. The molecule has 0 radical (unpaired) electrons. The number of carbonyl (C=O) groups excluding carboxylic acids is 2. The highest BCUT2D eigenvalue weighted by atomic mass is 16.8. The number of rotatable bonds is 43. The van der Waals surface area contributed by atoms with E-state index >= 15 is 0 Å². The van der Waals surface area contributed by atoms with E-state index in [4.69, 9.17) is 9.47 Å². The van der Waals surface area contributed by atoms with Gasteiger partial charge < -0.3 is 14.6 Å². The fraction of sp³-hybridized carbons (Fsp3) is 0.957. The maximum atomic E-state index is 12.3. The van der Waals surface area contributed by atoms with Gasteiger partial charge in [0.25, 0.3) is 0 Å². The third kappa shape index (κ3) is 38.6. The summed E-state index contributed by atoms with van der Waals surface area (Å²) in [6, 6.07) is 0. The molecule has 0 unspecified atom stereocenters. The van der Waals surface area contributed by atoms with Gasteiger partial charge in [-0.2, -0.15) is 0 Å². The van der Waals surface area contributed by atoms with E-state index < -0.39 is 17.9 Å². The summed E-state index contributed by atoms with van der Waals surface area (Å²) in [7, 11) is 0. The van der Waals surface area contributed by atoms with Crippen molar-refractivity contribution in [2.75, 3.05) is 0 Å². The standard InChI is InChI=1S/C47H92O5/c1-4-7-9-11-13-15-17-19-21-23-25-27-29-31-33-35-37-39-41-43-45(48)51-47(50,6-3)52-46(49)44-42-40-38-36-34-32-30-28-26-24-22-20-18-16-14-12-10-8-5-2/h50H,4-44H2,1-3H3. The highest BCUT2D eigenvalue weighted by Gasteiger charge is 2.34. The molecule has 0 aliphatic rings. The van der Waals surface area contributed by atoms with Crippen LogP contribution < -0.4 is 0 Å². The van der Waals surface area contributed by atoms with Crippen molar-refractivity contribution in [3.05, 3.63) is 0 Å². The van der Waals surface area contributed by atoms with Gasteiger partial charge in [0.05, 0.1) is 6.42 Å². The van der Waals surface area contributed by atoms with Crippen molar-refractivity contribution < 1.29 is 24.2 Å². The van der Waals surface area contributed by atoms with E-state index in [-0.39, 0.29) is 19.3 Å². The third-order valence-corrected chi connectivity index (χ3v) is 11.0. The molecule has 0 heterocycles. The predicted octanol–water partition coefficient (Wildman–Crippen LogP) is 15.8. The van der Waals surface area contributed by atoms with E-state index in [0.29, 0.717) is 0 Å². The Balaban J connectivity index is 3.56. The Labute approximate surface area is 325 Å². The normalized spacial score (nSPS) is 11.7. The van der Waals surface area contributed by atoms with E-state index in [1.165, 1.54) is 205 Å². The van der Waals surface area contributed by atoms with Crippen LogP contribution in [0.15, 0.2) is 0 Å². The lowest BCUT2D eigenvalue weighted by molar-refractivity contribution is -0.326. The monoisotopic (exact) mass is 737 g/mol. The lowest BCUT2D eigenvalue weighted by Gasteiger charge is -2.25. The van der Waals surface area contributed by atoms with E-state index in [9.17, 15) is 14.7 Å². The Bertz CT molecular complexity index is 681. The lowest BCUT2D eigenvalue weighted by Crippen LogP contribution is -2.39. The van der Waals surface area contributed by atoms with Crippen LogP contribution in [0.1, 0.15) is 284 Å². The molecule has 0 aliphatic carbocycles. The van der Waals surface area contributed by atoms with Gasteiger partial charge in [-0.1, -0.05) is 252 Å². The predicted molar refractivity (Wildman–Crippen MR) is 223 cm³/mol. The molecule has 0 saturated carbocycles. The van der Waals surface area contributed by atoms with Gasteiger partial charge in [-0.05, 0) is 12.8 Å². The van der Waals surface area contributed by atoms with Crippen LogP contribution in [0, 0.1) is 0 Å².